The van der Waals surface area contributed by atoms with Gasteiger partial charge in [-0.3, -0.25) is 4.90 Å². The maximum atomic E-state index is 13.4. The van der Waals surface area contributed by atoms with Gasteiger partial charge in [-0.15, -0.1) is 0 Å². The highest BCUT2D eigenvalue weighted by molar-refractivity contribution is 5.53. The number of rotatable bonds is 6. The summed E-state index contributed by atoms with van der Waals surface area (Å²) in [6.45, 7) is -0.456. The summed E-state index contributed by atoms with van der Waals surface area (Å²) in [5.41, 5.74) is 1.59. The number of ether oxygens (including phenoxy) is 1. The van der Waals surface area contributed by atoms with Crippen LogP contribution in [0.5, 0.6) is 5.75 Å². The Morgan fingerprint density at radius 2 is 2.00 bits per heavy atom. The Morgan fingerprint density at radius 1 is 1.17 bits per heavy atom. The van der Waals surface area contributed by atoms with Crippen molar-refractivity contribution in [3.63, 3.8) is 0 Å². The van der Waals surface area contributed by atoms with Crippen molar-refractivity contribution in [2.75, 3.05) is 13.1 Å². The van der Waals surface area contributed by atoms with E-state index in [0.717, 1.165) is 31.5 Å². The van der Waals surface area contributed by atoms with Gasteiger partial charge < -0.3 is 9.26 Å². The summed E-state index contributed by atoms with van der Waals surface area (Å²) in [4.78, 5) is 6.73. The minimum atomic E-state index is -2.82. The number of halogens is 3. The van der Waals surface area contributed by atoms with Crippen molar-refractivity contribution in [1.82, 2.24) is 15.0 Å². The zero-order valence-corrected chi connectivity index (χ0v) is 15.6. The lowest BCUT2D eigenvalue weighted by Gasteiger charge is -2.30. The van der Waals surface area contributed by atoms with Crippen molar-refractivity contribution in [3.05, 3.63) is 65.8 Å². The number of piperidine rings is 1. The van der Waals surface area contributed by atoms with Crippen LogP contribution >= 0.6 is 0 Å². The fourth-order valence-corrected chi connectivity index (χ4v) is 3.58. The summed E-state index contributed by atoms with van der Waals surface area (Å²) in [7, 11) is 0. The van der Waals surface area contributed by atoms with E-state index in [-0.39, 0.29) is 17.5 Å². The molecule has 5 nitrogen and oxygen atoms in total. The first-order valence-corrected chi connectivity index (χ1v) is 9.42. The SMILES string of the molecule is Fc1cccc(-c2noc(C3CCCN(Cc4ccc(OC(F)F)cc4)C3)n2)c1. The van der Waals surface area contributed by atoms with Gasteiger partial charge >= 0.3 is 6.61 Å². The van der Waals surface area contributed by atoms with Crippen molar-refractivity contribution >= 4 is 0 Å². The first kappa shape index (κ1) is 19.4. The topological polar surface area (TPSA) is 51.4 Å². The molecule has 0 spiro atoms. The van der Waals surface area contributed by atoms with E-state index in [4.69, 9.17) is 4.52 Å². The van der Waals surface area contributed by atoms with Gasteiger partial charge in [-0.05, 0) is 49.2 Å². The summed E-state index contributed by atoms with van der Waals surface area (Å²) >= 11 is 0. The lowest BCUT2D eigenvalue weighted by molar-refractivity contribution is -0.0498. The number of nitrogens with zero attached hydrogens (tertiary/aromatic N) is 3. The van der Waals surface area contributed by atoms with Gasteiger partial charge in [0.05, 0.1) is 5.92 Å². The highest BCUT2D eigenvalue weighted by atomic mass is 19.3. The van der Waals surface area contributed by atoms with Gasteiger partial charge in [0.2, 0.25) is 11.7 Å². The summed E-state index contributed by atoms with van der Waals surface area (Å²) < 4.78 is 47.8. The second-order valence-corrected chi connectivity index (χ2v) is 7.06. The molecule has 0 bridgehead atoms. The van der Waals surface area contributed by atoms with E-state index in [1.807, 2.05) is 0 Å². The molecule has 1 saturated heterocycles. The van der Waals surface area contributed by atoms with Gasteiger partial charge in [0.1, 0.15) is 11.6 Å². The third-order valence-electron chi connectivity index (χ3n) is 4.93. The highest BCUT2D eigenvalue weighted by Gasteiger charge is 2.26. The number of aromatic nitrogens is 2. The lowest BCUT2D eigenvalue weighted by Crippen LogP contribution is -2.34. The number of alkyl halides is 2. The molecule has 1 unspecified atom stereocenters. The maximum Gasteiger partial charge on any atom is 0.387 e. The average molecular weight is 403 g/mol. The first-order chi connectivity index (χ1) is 14.1. The molecule has 0 saturated carbocycles. The largest absolute Gasteiger partial charge is 0.435 e. The van der Waals surface area contributed by atoms with Crippen LogP contribution in [-0.2, 0) is 6.54 Å². The van der Waals surface area contributed by atoms with Crippen molar-refractivity contribution in [2.24, 2.45) is 0 Å². The predicted octanol–water partition coefficient (Wildman–Crippen LogP) is 4.86. The Labute approximate surface area is 166 Å². The Balaban J connectivity index is 1.40. The lowest BCUT2D eigenvalue weighted by atomic mass is 9.97. The quantitative estimate of drug-likeness (QED) is 0.589. The normalized spacial score (nSPS) is 17.6. The second kappa shape index (κ2) is 8.65. The molecule has 0 aliphatic carbocycles. The van der Waals surface area contributed by atoms with Crippen LogP contribution in [0.2, 0.25) is 0 Å². The summed E-state index contributed by atoms with van der Waals surface area (Å²) in [6, 6.07) is 12.8. The molecule has 4 rings (SSSR count). The smallest absolute Gasteiger partial charge is 0.387 e. The van der Waals surface area contributed by atoms with Crippen LogP contribution in [0.1, 0.15) is 30.2 Å². The van der Waals surface area contributed by atoms with Gasteiger partial charge in [-0.2, -0.15) is 13.8 Å². The Hall–Kier alpha value is -2.87. The third-order valence-corrected chi connectivity index (χ3v) is 4.93. The van der Waals surface area contributed by atoms with Crippen LogP contribution in [-0.4, -0.2) is 34.7 Å². The number of hydrogen-bond acceptors (Lipinski definition) is 5. The van der Waals surface area contributed by atoms with E-state index < -0.39 is 6.61 Å². The third kappa shape index (κ3) is 4.95. The van der Waals surface area contributed by atoms with E-state index >= 15 is 0 Å². The molecule has 2 heterocycles. The predicted molar refractivity (Wildman–Crippen MR) is 100 cm³/mol. The van der Waals surface area contributed by atoms with Crippen molar-refractivity contribution in [2.45, 2.75) is 31.9 Å². The van der Waals surface area contributed by atoms with E-state index in [2.05, 4.69) is 19.8 Å². The molecule has 8 heteroatoms. The van der Waals surface area contributed by atoms with Crippen LogP contribution in [0.25, 0.3) is 11.4 Å². The number of likely N-dealkylation sites (tertiary alicyclic amines) is 1. The van der Waals surface area contributed by atoms with Crippen LogP contribution < -0.4 is 4.74 Å². The average Bonchev–Trinajstić information content (AvgIpc) is 3.20. The molecule has 3 aromatic rings. The number of hydrogen-bond donors (Lipinski definition) is 0. The van der Waals surface area contributed by atoms with Gasteiger partial charge in [0, 0.05) is 18.7 Å². The van der Waals surface area contributed by atoms with Crippen LogP contribution in [0.15, 0.2) is 53.1 Å². The monoisotopic (exact) mass is 403 g/mol. The molecule has 0 radical (unpaired) electrons. The van der Waals surface area contributed by atoms with Crippen molar-refractivity contribution in [3.8, 4) is 17.1 Å². The Kier molecular flexibility index (Phi) is 5.80. The summed E-state index contributed by atoms with van der Waals surface area (Å²) in [5.74, 6) is 0.833. The standard InChI is InChI=1S/C21H20F3N3O2/c22-17-5-1-3-15(11-17)19-25-20(29-26-19)16-4-2-10-27(13-16)12-14-6-8-18(9-7-14)28-21(23)24/h1,3,5-9,11,16,21H,2,4,10,12-13H2. The van der Waals surface area contributed by atoms with E-state index in [1.165, 1.54) is 12.1 Å². The van der Waals surface area contributed by atoms with Crippen LogP contribution in [0.3, 0.4) is 0 Å². The zero-order valence-electron chi connectivity index (χ0n) is 15.6. The first-order valence-electron chi connectivity index (χ1n) is 9.42. The minimum absolute atomic E-state index is 0.0972. The Bertz CT molecular complexity index is 946. The molecule has 152 valence electrons. The van der Waals surface area contributed by atoms with E-state index in [1.54, 1.807) is 36.4 Å². The summed E-state index contributed by atoms with van der Waals surface area (Å²) in [5, 5.41) is 4.00. The molecule has 1 aromatic heterocycles. The van der Waals surface area contributed by atoms with Gasteiger partial charge in [0.25, 0.3) is 0 Å². The van der Waals surface area contributed by atoms with E-state index in [0.29, 0.717) is 23.8 Å². The van der Waals surface area contributed by atoms with Crippen molar-refractivity contribution < 1.29 is 22.4 Å². The summed E-state index contributed by atoms with van der Waals surface area (Å²) in [6.07, 6.45) is 1.91. The van der Waals surface area contributed by atoms with Crippen LogP contribution in [0, 0.1) is 5.82 Å². The van der Waals surface area contributed by atoms with Gasteiger partial charge in [0.15, 0.2) is 0 Å². The molecule has 0 amide bonds. The van der Waals surface area contributed by atoms with E-state index in [9.17, 15) is 13.2 Å². The van der Waals surface area contributed by atoms with Crippen molar-refractivity contribution in [1.29, 1.82) is 0 Å². The molecular formula is C21H20F3N3O2. The van der Waals surface area contributed by atoms with Gasteiger partial charge in [-0.1, -0.05) is 29.4 Å². The molecule has 1 atom stereocenters. The maximum absolute atomic E-state index is 13.4. The minimum Gasteiger partial charge on any atom is -0.435 e. The van der Waals surface area contributed by atoms with Crippen LogP contribution in [0.4, 0.5) is 13.2 Å². The molecule has 1 fully saturated rings. The molecule has 29 heavy (non-hydrogen) atoms. The fourth-order valence-electron chi connectivity index (χ4n) is 3.58. The number of benzene rings is 2. The molecule has 0 N–H and O–H groups in total. The molecular weight excluding hydrogens is 383 g/mol. The molecule has 2 aromatic carbocycles. The zero-order chi connectivity index (χ0) is 20.2. The van der Waals surface area contributed by atoms with Gasteiger partial charge in [-0.25, -0.2) is 4.39 Å². The Morgan fingerprint density at radius 3 is 2.76 bits per heavy atom. The second-order valence-electron chi connectivity index (χ2n) is 7.06. The highest BCUT2D eigenvalue weighted by Crippen LogP contribution is 2.28. The molecule has 1 aliphatic heterocycles. The molecule has 1 aliphatic rings. The fraction of sp³-hybridized carbons (Fsp3) is 0.333.